The van der Waals surface area contributed by atoms with E-state index in [9.17, 15) is 4.39 Å². The van der Waals surface area contributed by atoms with E-state index in [4.69, 9.17) is 18.8 Å². The molecule has 3 rings (SSSR count). The van der Waals surface area contributed by atoms with Crippen molar-refractivity contribution in [1.82, 2.24) is 4.90 Å². The van der Waals surface area contributed by atoms with E-state index in [1.165, 1.54) is 6.07 Å². The Bertz CT molecular complexity index is 628. The molecule has 0 aliphatic carbocycles. The molecule has 2 heterocycles. The van der Waals surface area contributed by atoms with Gasteiger partial charge in [-0.05, 0) is 33.8 Å². The molecular formula is C18H25BFNO4. The van der Waals surface area contributed by atoms with Crippen LogP contribution in [0.3, 0.4) is 0 Å². The van der Waals surface area contributed by atoms with Crippen LogP contribution < -0.4 is 10.2 Å². The van der Waals surface area contributed by atoms with Gasteiger partial charge in [0.2, 0.25) is 0 Å². The highest BCUT2D eigenvalue weighted by Crippen LogP contribution is 2.36. The second-order valence-electron chi connectivity index (χ2n) is 7.32. The predicted molar refractivity (Wildman–Crippen MR) is 94.3 cm³/mol. The lowest BCUT2D eigenvalue weighted by Gasteiger charge is -2.32. The first-order valence-electron chi connectivity index (χ1n) is 8.59. The molecule has 2 fully saturated rings. The molecular weight excluding hydrogens is 324 g/mol. The zero-order valence-corrected chi connectivity index (χ0v) is 15.3. The van der Waals surface area contributed by atoms with Crippen molar-refractivity contribution >= 4 is 12.6 Å². The lowest BCUT2D eigenvalue weighted by Crippen LogP contribution is -2.41. The Morgan fingerprint density at radius 2 is 1.76 bits per heavy atom. The maximum Gasteiger partial charge on any atom is 0.497 e. The van der Waals surface area contributed by atoms with E-state index < -0.39 is 24.1 Å². The van der Waals surface area contributed by atoms with Gasteiger partial charge in [0.25, 0.3) is 0 Å². The van der Waals surface area contributed by atoms with Crippen LogP contribution in [0.4, 0.5) is 4.39 Å². The minimum Gasteiger partial charge on any atom is -0.463 e. The Morgan fingerprint density at radius 1 is 1.12 bits per heavy atom. The number of benzene rings is 1. The number of rotatable bonds is 4. The predicted octanol–water partition coefficient (Wildman–Crippen LogP) is 2.31. The average Bonchev–Trinajstić information content (AvgIpc) is 2.76. The monoisotopic (exact) mass is 349 g/mol. The lowest BCUT2D eigenvalue weighted by atomic mass is 9.78. The van der Waals surface area contributed by atoms with Crippen molar-refractivity contribution < 1.29 is 23.2 Å². The van der Waals surface area contributed by atoms with Crippen LogP contribution in [0, 0.1) is 5.82 Å². The molecule has 0 spiro atoms. The summed E-state index contributed by atoms with van der Waals surface area (Å²) in [5.74, 6) is 0.0260. The number of hydrogen-bond donors (Lipinski definition) is 0. The minimum atomic E-state index is -0.719. The van der Waals surface area contributed by atoms with E-state index in [-0.39, 0.29) is 0 Å². The van der Waals surface area contributed by atoms with E-state index in [0.29, 0.717) is 24.4 Å². The summed E-state index contributed by atoms with van der Waals surface area (Å²) in [5, 5.41) is 0. The lowest BCUT2D eigenvalue weighted by molar-refractivity contribution is 0.00578. The Labute approximate surface area is 148 Å². The first-order chi connectivity index (χ1) is 11.8. The third-order valence-electron chi connectivity index (χ3n) is 5.00. The molecule has 25 heavy (non-hydrogen) atoms. The van der Waals surface area contributed by atoms with Gasteiger partial charge in [0.05, 0.1) is 24.4 Å². The highest BCUT2D eigenvalue weighted by atomic mass is 19.1. The Kier molecular flexibility index (Phi) is 5.09. The smallest absolute Gasteiger partial charge is 0.463 e. The number of hydrogen-bond acceptors (Lipinski definition) is 5. The molecule has 0 unspecified atom stereocenters. The normalized spacial score (nSPS) is 22.6. The van der Waals surface area contributed by atoms with Crippen LogP contribution in [0.25, 0.3) is 0 Å². The molecule has 2 saturated heterocycles. The standard InChI is InChI=1S/C18H25BFNO4/c1-17(2)18(3,4)25-19(24-17)15-6-5-14(13-16(15)20)23-12-9-21-7-10-22-11-8-21/h5-6,9,12-13H,7-8,10-11H2,1-4H3/b12-9+. The summed E-state index contributed by atoms with van der Waals surface area (Å²) in [6.45, 7) is 10.9. The van der Waals surface area contributed by atoms with Gasteiger partial charge in [0.15, 0.2) is 0 Å². The third-order valence-corrected chi connectivity index (χ3v) is 5.00. The summed E-state index contributed by atoms with van der Waals surface area (Å²) < 4.78 is 37.1. The van der Waals surface area contributed by atoms with E-state index >= 15 is 0 Å². The van der Waals surface area contributed by atoms with Crippen molar-refractivity contribution in [1.29, 1.82) is 0 Å². The molecule has 0 saturated carbocycles. The van der Waals surface area contributed by atoms with Crippen molar-refractivity contribution in [3.63, 3.8) is 0 Å². The summed E-state index contributed by atoms with van der Waals surface area (Å²) >= 11 is 0. The van der Waals surface area contributed by atoms with Gasteiger partial charge in [-0.2, -0.15) is 0 Å². The summed E-state index contributed by atoms with van der Waals surface area (Å²) in [5.41, 5.74) is -0.622. The van der Waals surface area contributed by atoms with E-state index in [1.807, 2.05) is 33.9 Å². The molecule has 0 aromatic heterocycles. The third kappa shape index (κ3) is 3.99. The quantitative estimate of drug-likeness (QED) is 0.616. The second-order valence-corrected chi connectivity index (χ2v) is 7.32. The Hall–Kier alpha value is -1.57. The fourth-order valence-electron chi connectivity index (χ4n) is 2.66. The molecule has 136 valence electrons. The molecule has 1 aromatic carbocycles. The van der Waals surface area contributed by atoms with Crippen LogP contribution >= 0.6 is 0 Å². The van der Waals surface area contributed by atoms with Crippen LogP contribution in [0.1, 0.15) is 27.7 Å². The summed E-state index contributed by atoms with van der Waals surface area (Å²) in [6, 6.07) is 4.71. The summed E-state index contributed by atoms with van der Waals surface area (Å²) in [6.07, 6.45) is 3.41. The number of morpholine rings is 1. The minimum absolute atomic E-state index is 0.378. The molecule has 0 atom stereocenters. The van der Waals surface area contributed by atoms with Gasteiger partial charge in [-0.25, -0.2) is 4.39 Å². The molecule has 0 N–H and O–H groups in total. The number of ether oxygens (including phenoxy) is 2. The molecule has 0 radical (unpaired) electrons. The van der Waals surface area contributed by atoms with Crippen molar-refractivity contribution in [2.75, 3.05) is 26.3 Å². The van der Waals surface area contributed by atoms with Gasteiger partial charge in [-0.1, -0.05) is 6.07 Å². The molecule has 1 aromatic rings. The molecule has 2 aliphatic heterocycles. The van der Waals surface area contributed by atoms with Crippen molar-refractivity contribution in [3.05, 3.63) is 36.5 Å². The van der Waals surface area contributed by atoms with Gasteiger partial charge >= 0.3 is 7.12 Å². The molecule has 0 bridgehead atoms. The second kappa shape index (κ2) is 6.98. The maximum absolute atomic E-state index is 14.5. The SMILES string of the molecule is CC1(C)OB(c2ccc(O/C=C/N3CCOCC3)cc2F)OC1(C)C. The van der Waals surface area contributed by atoms with Gasteiger partial charge in [-0.15, -0.1) is 0 Å². The van der Waals surface area contributed by atoms with Gasteiger partial charge in [0.1, 0.15) is 17.8 Å². The summed E-state index contributed by atoms with van der Waals surface area (Å²) in [7, 11) is -0.719. The zero-order valence-electron chi connectivity index (χ0n) is 15.3. The van der Waals surface area contributed by atoms with Crippen LogP contribution in [-0.4, -0.2) is 49.5 Å². The molecule has 0 amide bonds. The largest absolute Gasteiger partial charge is 0.497 e. The number of halogens is 1. The number of nitrogens with zero attached hydrogens (tertiary/aromatic N) is 1. The van der Waals surface area contributed by atoms with E-state index in [0.717, 1.165) is 13.1 Å². The van der Waals surface area contributed by atoms with Crippen molar-refractivity contribution in [3.8, 4) is 5.75 Å². The highest BCUT2D eigenvalue weighted by Gasteiger charge is 2.52. The molecule has 5 nitrogen and oxygen atoms in total. The fraction of sp³-hybridized carbons (Fsp3) is 0.556. The van der Waals surface area contributed by atoms with E-state index in [1.54, 1.807) is 18.4 Å². The van der Waals surface area contributed by atoms with Crippen LogP contribution in [-0.2, 0) is 14.0 Å². The van der Waals surface area contributed by atoms with Gasteiger partial charge in [-0.3, -0.25) is 0 Å². The Balaban J connectivity index is 1.64. The summed E-state index contributed by atoms with van der Waals surface area (Å²) in [4.78, 5) is 2.10. The van der Waals surface area contributed by atoms with Crippen molar-refractivity contribution in [2.45, 2.75) is 38.9 Å². The van der Waals surface area contributed by atoms with E-state index in [2.05, 4.69) is 4.90 Å². The topological polar surface area (TPSA) is 40.2 Å². The van der Waals surface area contributed by atoms with Crippen LogP contribution in [0.2, 0.25) is 0 Å². The van der Waals surface area contributed by atoms with Crippen LogP contribution in [0.5, 0.6) is 5.75 Å². The first kappa shape index (κ1) is 18.2. The zero-order chi connectivity index (χ0) is 18.1. The van der Waals surface area contributed by atoms with Gasteiger partial charge < -0.3 is 23.7 Å². The van der Waals surface area contributed by atoms with Crippen molar-refractivity contribution in [2.24, 2.45) is 0 Å². The van der Waals surface area contributed by atoms with Gasteiger partial charge in [0, 0.05) is 30.8 Å². The van der Waals surface area contributed by atoms with Crippen LogP contribution in [0.15, 0.2) is 30.7 Å². The first-order valence-corrected chi connectivity index (χ1v) is 8.59. The maximum atomic E-state index is 14.5. The Morgan fingerprint density at radius 3 is 2.36 bits per heavy atom. The average molecular weight is 349 g/mol. The molecule has 2 aliphatic rings. The highest BCUT2D eigenvalue weighted by molar-refractivity contribution is 6.62. The fourth-order valence-corrected chi connectivity index (χ4v) is 2.66. The molecule has 7 heteroatoms.